The molecule has 0 saturated heterocycles. The van der Waals surface area contributed by atoms with E-state index in [2.05, 4.69) is 17.6 Å². The van der Waals surface area contributed by atoms with Crippen LogP contribution >= 0.6 is 0 Å². The minimum Gasteiger partial charge on any atom is -0.480 e. The van der Waals surface area contributed by atoms with Crippen LogP contribution in [0.2, 0.25) is 0 Å². The molecular weight excluding hydrogens is 256 g/mol. The van der Waals surface area contributed by atoms with Gasteiger partial charge >= 0.3 is 12.0 Å². The van der Waals surface area contributed by atoms with Crippen molar-refractivity contribution in [3.63, 3.8) is 0 Å². The van der Waals surface area contributed by atoms with Gasteiger partial charge in [0, 0.05) is 6.04 Å². The molecule has 116 valence electrons. The number of aliphatic carboxylic acids is 1. The molecule has 2 amide bonds. The summed E-state index contributed by atoms with van der Waals surface area (Å²) in [6.07, 6.45) is 6.38. The van der Waals surface area contributed by atoms with E-state index in [4.69, 9.17) is 0 Å². The molecule has 5 nitrogen and oxygen atoms in total. The van der Waals surface area contributed by atoms with Crippen LogP contribution in [0.25, 0.3) is 0 Å². The van der Waals surface area contributed by atoms with E-state index in [0.29, 0.717) is 5.92 Å². The summed E-state index contributed by atoms with van der Waals surface area (Å²) in [6.45, 7) is 5.92. The largest absolute Gasteiger partial charge is 0.480 e. The molecule has 1 fully saturated rings. The number of urea groups is 1. The Morgan fingerprint density at radius 3 is 2.50 bits per heavy atom. The lowest BCUT2D eigenvalue weighted by molar-refractivity contribution is -0.140. The molecule has 0 aromatic heterocycles. The van der Waals surface area contributed by atoms with Gasteiger partial charge in [0.15, 0.2) is 0 Å². The topological polar surface area (TPSA) is 78.4 Å². The minimum atomic E-state index is -0.969. The smallest absolute Gasteiger partial charge is 0.326 e. The van der Waals surface area contributed by atoms with Gasteiger partial charge in [-0.3, -0.25) is 0 Å². The summed E-state index contributed by atoms with van der Waals surface area (Å²) in [7, 11) is 0. The number of rotatable bonds is 5. The number of carboxylic acids is 1. The number of nitrogens with one attached hydrogen (secondary N) is 2. The molecule has 4 unspecified atom stereocenters. The minimum absolute atomic E-state index is 0.0789. The maximum atomic E-state index is 12.0. The van der Waals surface area contributed by atoms with Gasteiger partial charge in [0.1, 0.15) is 6.04 Å². The molecule has 0 spiro atoms. The molecule has 3 N–H and O–H groups in total. The van der Waals surface area contributed by atoms with Crippen molar-refractivity contribution in [2.75, 3.05) is 0 Å². The summed E-state index contributed by atoms with van der Waals surface area (Å²) < 4.78 is 0. The third kappa shape index (κ3) is 5.02. The Balaban J connectivity index is 2.54. The standard InChI is InChI=1S/C15H28N2O3/c1-4-10(2)13(14(18)19)17-15(20)16-12-9-7-5-6-8-11(12)3/h10-13H,4-9H2,1-3H3,(H,18,19)(H2,16,17,20). The monoisotopic (exact) mass is 284 g/mol. The second-order valence-electron chi connectivity index (χ2n) is 6.04. The molecule has 1 rings (SSSR count). The van der Waals surface area contributed by atoms with Crippen molar-refractivity contribution in [3.05, 3.63) is 0 Å². The van der Waals surface area contributed by atoms with E-state index in [1.165, 1.54) is 12.8 Å². The van der Waals surface area contributed by atoms with Gasteiger partial charge in [0.2, 0.25) is 0 Å². The second-order valence-corrected chi connectivity index (χ2v) is 6.04. The number of carboxylic acid groups (broad SMARTS) is 1. The zero-order chi connectivity index (χ0) is 15.1. The molecule has 0 bridgehead atoms. The third-order valence-electron chi connectivity index (χ3n) is 4.44. The van der Waals surface area contributed by atoms with Gasteiger partial charge in [-0.2, -0.15) is 0 Å². The lowest BCUT2D eigenvalue weighted by atomic mass is 9.97. The van der Waals surface area contributed by atoms with Gasteiger partial charge in [-0.05, 0) is 24.7 Å². The quantitative estimate of drug-likeness (QED) is 0.679. The lowest BCUT2D eigenvalue weighted by Crippen LogP contribution is -2.52. The molecule has 20 heavy (non-hydrogen) atoms. The van der Waals surface area contributed by atoms with E-state index >= 15 is 0 Å². The van der Waals surface area contributed by atoms with Gasteiger partial charge in [0.05, 0.1) is 0 Å². The van der Waals surface area contributed by atoms with Crippen molar-refractivity contribution in [2.24, 2.45) is 11.8 Å². The summed E-state index contributed by atoms with van der Waals surface area (Å²) in [5.74, 6) is -0.594. The number of hydrogen-bond donors (Lipinski definition) is 3. The van der Waals surface area contributed by atoms with Crippen molar-refractivity contribution >= 4 is 12.0 Å². The van der Waals surface area contributed by atoms with E-state index in [1.54, 1.807) is 0 Å². The number of hydrogen-bond acceptors (Lipinski definition) is 2. The first kappa shape index (κ1) is 16.8. The zero-order valence-electron chi connectivity index (χ0n) is 12.8. The van der Waals surface area contributed by atoms with E-state index in [1.807, 2.05) is 13.8 Å². The van der Waals surface area contributed by atoms with Crippen molar-refractivity contribution in [2.45, 2.75) is 71.4 Å². The van der Waals surface area contributed by atoms with Crippen molar-refractivity contribution in [1.29, 1.82) is 0 Å². The van der Waals surface area contributed by atoms with Gasteiger partial charge < -0.3 is 15.7 Å². The summed E-state index contributed by atoms with van der Waals surface area (Å²) in [6, 6.07) is -1.01. The Morgan fingerprint density at radius 1 is 1.25 bits per heavy atom. The number of carbonyl (C=O) groups is 2. The molecule has 4 atom stereocenters. The van der Waals surface area contributed by atoms with Crippen LogP contribution in [0.15, 0.2) is 0 Å². The van der Waals surface area contributed by atoms with Crippen molar-refractivity contribution in [3.8, 4) is 0 Å². The first-order chi connectivity index (χ1) is 9.45. The van der Waals surface area contributed by atoms with Gasteiger partial charge in [0.25, 0.3) is 0 Å². The van der Waals surface area contributed by atoms with Crippen LogP contribution in [0.1, 0.15) is 59.3 Å². The highest BCUT2D eigenvalue weighted by molar-refractivity contribution is 5.82. The van der Waals surface area contributed by atoms with Gasteiger partial charge in [-0.15, -0.1) is 0 Å². The molecule has 0 aromatic carbocycles. The van der Waals surface area contributed by atoms with Crippen LogP contribution in [0, 0.1) is 11.8 Å². The molecule has 0 aliphatic heterocycles. The van der Waals surface area contributed by atoms with Gasteiger partial charge in [-0.1, -0.05) is 46.5 Å². The first-order valence-corrected chi connectivity index (χ1v) is 7.75. The van der Waals surface area contributed by atoms with Crippen LogP contribution < -0.4 is 10.6 Å². The summed E-state index contributed by atoms with van der Waals surface area (Å²) >= 11 is 0. The van der Waals surface area contributed by atoms with E-state index < -0.39 is 12.0 Å². The zero-order valence-corrected chi connectivity index (χ0v) is 12.8. The molecule has 0 radical (unpaired) electrons. The van der Waals surface area contributed by atoms with Gasteiger partial charge in [-0.25, -0.2) is 9.59 Å². The molecule has 1 aliphatic rings. The average molecular weight is 284 g/mol. The normalized spacial score (nSPS) is 26.1. The molecule has 0 heterocycles. The summed E-state index contributed by atoms with van der Waals surface area (Å²) in [4.78, 5) is 23.2. The fraction of sp³-hybridized carbons (Fsp3) is 0.867. The van der Waals surface area contributed by atoms with Crippen molar-refractivity contribution in [1.82, 2.24) is 10.6 Å². The Hall–Kier alpha value is -1.26. The molecule has 5 heteroatoms. The third-order valence-corrected chi connectivity index (χ3v) is 4.44. The highest BCUT2D eigenvalue weighted by atomic mass is 16.4. The van der Waals surface area contributed by atoms with Crippen molar-refractivity contribution < 1.29 is 14.7 Å². The Kier molecular flexibility index (Phi) is 6.82. The van der Waals surface area contributed by atoms with Crippen LogP contribution in [-0.4, -0.2) is 29.2 Å². The number of amides is 2. The summed E-state index contributed by atoms with van der Waals surface area (Å²) in [5, 5.41) is 14.7. The number of carbonyl (C=O) groups excluding carboxylic acids is 1. The van der Waals surface area contributed by atoms with Crippen LogP contribution in [0.4, 0.5) is 4.79 Å². The summed E-state index contributed by atoms with van der Waals surface area (Å²) in [5.41, 5.74) is 0. The highest BCUT2D eigenvalue weighted by Gasteiger charge is 2.27. The Labute approximate surface area is 121 Å². The van der Waals surface area contributed by atoms with E-state index in [-0.39, 0.29) is 18.0 Å². The van der Waals surface area contributed by atoms with E-state index in [9.17, 15) is 14.7 Å². The van der Waals surface area contributed by atoms with E-state index in [0.717, 1.165) is 25.7 Å². The Bertz CT molecular complexity index is 333. The highest BCUT2D eigenvalue weighted by Crippen LogP contribution is 2.22. The molecular formula is C15H28N2O3. The molecule has 0 aromatic rings. The molecule has 1 aliphatic carbocycles. The maximum absolute atomic E-state index is 12.0. The van der Waals surface area contributed by atoms with Crippen LogP contribution in [0.5, 0.6) is 0 Å². The first-order valence-electron chi connectivity index (χ1n) is 7.75. The van der Waals surface area contributed by atoms with Crippen LogP contribution in [0.3, 0.4) is 0 Å². The second kappa shape index (κ2) is 8.12. The predicted molar refractivity (Wildman–Crippen MR) is 78.6 cm³/mol. The molecule has 1 saturated carbocycles. The lowest BCUT2D eigenvalue weighted by Gasteiger charge is -2.25. The fourth-order valence-corrected chi connectivity index (χ4v) is 2.74. The fourth-order valence-electron chi connectivity index (χ4n) is 2.74. The maximum Gasteiger partial charge on any atom is 0.326 e. The van der Waals surface area contributed by atoms with Crippen LogP contribution in [-0.2, 0) is 4.79 Å². The Morgan fingerprint density at radius 2 is 1.90 bits per heavy atom. The average Bonchev–Trinajstić information content (AvgIpc) is 2.60. The predicted octanol–water partition coefficient (Wildman–Crippen LogP) is 2.75. The SMILES string of the molecule is CCC(C)C(NC(=O)NC1CCCCCC1C)C(=O)O.